The Morgan fingerprint density at radius 1 is 0.655 bits per heavy atom. The van der Waals surface area contributed by atoms with Crippen molar-refractivity contribution in [3.8, 4) is 0 Å². The molecule has 17 heteroatoms. The zero-order chi connectivity index (χ0) is 39.3. The molecule has 6 rings (SSSR count). The monoisotopic (exact) mass is 808 g/mol. The van der Waals surface area contributed by atoms with Gasteiger partial charge in [-0.2, -0.15) is 8.42 Å². The summed E-state index contributed by atoms with van der Waals surface area (Å²) in [5.41, 5.74) is 3.57. The van der Waals surface area contributed by atoms with Crippen molar-refractivity contribution in [3.05, 3.63) is 82.9 Å². The molecular weight excluding hydrogens is 765 g/mol. The second-order valence-electron chi connectivity index (χ2n) is 13.6. The first-order chi connectivity index (χ1) is 26.4. The topological polar surface area (TPSA) is 169 Å². The van der Waals surface area contributed by atoms with Crippen LogP contribution in [-0.4, -0.2) is 135 Å². The van der Waals surface area contributed by atoms with E-state index in [2.05, 4.69) is 19.7 Å². The van der Waals surface area contributed by atoms with E-state index in [0.717, 1.165) is 41.7 Å². The van der Waals surface area contributed by atoms with Crippen molar-refractivity contribution in [2.45, 2.75) is 12.8 Å². The van der Waals surface area contributed by atoms with Crippen LogP contribution in [0.5, 0.6) is 0 Å². The number of carbonyl (C=O) groups is 4. The van der Waals surface area contributed by atoms with E-state index in [1.807, 2.05) is 44.4 Å². The van der Waals surface area contributed by atoms with E-state index < -0.39 is 10.4 Å². The number of imide groups is 2. The van der Waals surface area contributed by atoms with E-state index in [0.29, 0.717) is 64.0 Å². The van der Waals surface area contributed by atoms with Crippen molar-refractivity contribution in [2.24, 2.45) is 0 Å². The SMILES string of the molecule is CN(C)CCCNc1ccc2c3c(cccc13)C(=O)N(CCSSCCN1C(=O)c3cccc4c(NCCCN(C)COS(=O)(=O)O)ccc(c34)C1=O)C2=O. The van der Waals surface area contributed by atoms with Crippen LogP contribution in [0.4, 0.5) is 11.4 Å². The van der Waals surface area contributed by atoms with Gasteiger partial charge in [-0.15, -0.1) is 0 Å². The van der Waals surface area contributed by atoms with Crippen LogP contribution >= 0.6 is 21.6 Å². The summed E-state index contributed by atoms with van der Waals surface area (Å²) in [7, 11) is 4.17. The maximum atomic E-state index is 13.6. The maximum Gasteiger partial charge on any atom is 0.398 e. The number of hydrogen-bond donors (Lipinski definition) is 3. The van der Waals surface area contributed by atoms with Gasteiger partial charge in [0.1, 0.15) is 6.73 Å². The number of rotatable bonds is 20. The van der Waals surface area contributed by atoms with Crippen molar-refractivity contribution >= 4 is 88.5 Å². The molecule has 0 spiro atoms. The fourth-order valence-corrected chi connectivity index (χ4v) is 9.01. The third-order valence-corrected chi connectivity index (χ3v) is 12.2. The molecule has 55 heavy (non-hydrogen) atoms. The Kier molecular flexibility index (Phi) is 13.0. The lowest BCUT2D eigenvalue weighted by molar-refractivity contribution is 0.0605. The molecule has 292 valence electrons. The number of nitrogens with one attached hydrogen (secondary N) is 2. The molecule has 0 saturated heterocycles. The van der Waals surface area contributed by atoms with Gasteiger partial charge in [0.2, 0.25) is 0 Å². The minimum atomic E-state index is -4.51. The molecule has 2 heterocycles. The van der Waals surface area contributed by atoms with Crippen LogP contribution in [0, 0.1) is 0 Å². The minimum Gasteiger partial charge on any atom is -0.384 e. The van der Waals surface area contributed by atoms with Crippen molar-refractivity contribution in [1.29, 1.82) is 0 Å². The Morgan fingerprint density at radius 3 is 1.53 bits per heavy atom. The van der Waals surface area contributed by atoms with Crippen LogP contribution in [0.2, 0.25) is 0 Å². The fourth-order valence-electron chi connectivity index (χ4n) is 6.79. The highest BCUT2D eigenvalue weighted by Crippen LogP contribution is 2.36. The van der Waals surface area contributed by atoms with E-state index >= 15 is 0 Å². The second-order valence-corrected chi connectivity index (χ2v) is 17.4. The van der Waals surface area contributed by atoms with Gasteiger partial charge in [-0.25, -0.2) is 4.18 Å². The van der Waals surface area contributed by atoms with Crippen LogP contribution < -0.4 is 10.6 Å². The fraction of sp³-hybridized carbons (Fsp3) is 0.368. The second kappa shape index (κ2) is 17.7. The quantitative estimate of drug-likeness (QED) is 0.0353. The predicted molar refractivity (Wildman–Crippen MR) is 218 cm³/mol. The van der Waals surface area contributed by atoms with Gasteiger partial charge in [-0.05, 0) is 76.9 Å². The minimum absolute atomic E-state index is 0.197. The molecule has 2 aliphatic rings. The van der Waals surface area contributed by atoms with E-state index in [1.165, 1.54) is 31.4 Å². The van der Waals surface area contributed by atoms with E-state index in [1.54, 1.807) is 42.3 Å². The van der Waals surface area contributed by atoms with E-state index in [9.17, 15) is 27.6 Å². The first-order valence-electron chi connectivity index (χ1n) is 17.9. The highest BCUT2D eigenvalue weighted by molar-refractivity contribution is 8.76. The molecule has 0 fully saturated rings. The summed E-state index contributed by atoms with van der Waals surface area (Å²) in [6.07, 6.45) is 1.58. The van der Waals surface area contributed by atoms with Crippen molar-refractivity contribution < 1.29 is 36.3 Å². The lowest BCUT2D eigenvalue weighted by Gasteiger charge is -2.28. The van der Waals surface area contributed by atoms with Gasteiger partial charge in [-0.3, -0.25) is 38.4 Å². The molecule has 0 radical (unpaired) electrons. The molecule has 0 saturated carbocycles. The molecule has 0 unspecified atom stereocenters. The largest absolute Gasteiger partial charge is 0.398 e. The number of nitrogens with zero attached hydrogens (tertiary/aromatic N) is 4. The summed E-state index contributed by atoms with van der Waals surface area (Å²) in [6.45, 7) is 2.88. The molecule has 14 nitrogen and oxygen atoms in total. The smallest absolute Gasteiger partial charge is 0.384 e. The maximum absolute atomic E-state index is 13.6. The molecule has 0 aliphatic carbocycles. The highest BCUT2D eigenvalue weighted by Gasteiger charge is 2.34. The average molecular weight is 809 g/mol. The molecule has 4 amide bonds. The molecule has 4 aromatic carbocycles. The number of anilines is 2. The Balaban J connectivity index is 0.998. The molecular formula is C38H44N6O8S3. The van der Waals surface area contributed by atoms with Crippen LogP contribution in [0.1, 0.15) is 54.3 Å². The van der Waals surface area contributed by atoms with E-state index in [4.69, 9.17) is 4.55 Å². The zero-order valence-electron chi connectivity index (χ0n) is 30.9. The van der Waals surface area contributed by atoms with Crippen LogP contribution in [-0.2, 0) is 14.6 Å². The third-order valence-electron chi connectivity index (χ3n) is 9.41. The summed E-state index contributed by atoms with van der Waals surface area (Å²) < 4.78 is 34.7. The Morgan fingerprint density at radius 2 is 1.09 bits per heavy atom. The first kappa shape index (κ1) is 40.4. The number of benzene rings is 4. The first-order valence-corrected chi connectivity index (χ1v) is 21.7. The van der Waals surface area contributed by atoms with E-state index in [-0.39, 0.29) is 43.4 Å². The Bertz CT molecular complexity index is 2190. The van der Waals surface area contributed by atoms with Gasteiger partial charge in [0.15, 0.2) is 0 Å². The normalized spacial score (nSPS) is 14.3. The summed E-state index contributed by atoms with van der Waals surface area (Å²) in [4.78, 5) is 60.6. The lowest BCUT2D eigenvalue weighted by Crippen LogP contribution is -2.42. The number of carbonyl (C=O) groups excluding carboxylic acids is 4. The van der Waals surface area contributed by atoms with Gasteiger partial charge in [0.05, 0.1) is 0 Å². The number of hydrogen-bond acceptors (Lipinski definition) is 13. The molecule has 4 aromatic rings. The molecule has 0 atom stereocenters. The standard InChI is InChI=1S/C38H44N6O8S3/c1-41(2)18-6-16-39-31-14-12-29-33-25(31)8-4-10-27(33)35(45)43(37(29)47)20-22-53-54-23-21-44-36(46)28-11-5-9-26-32(15-13-30(34(26)28)38(44)48)40-17-7-19-42(3)24-52-55(49,50)51/h4-5,8-15,39-40H,6-7,16-24H2,1-3H3,(H,49,50,51). The third kappa shape index (κ3) is 9.26. The zero-order valence-corrected chi connectivity index (χ0v) is 33.3. The summed E-state index contributed by atoms with van der Waals surface area (Å²) in [5, 5.41) is 9.68. The van der Waals surface area contributed by atoms with Crippen molar-refractivity contribution in [2.75, 3.05) is 89.3 Å². The Hall–Kier alpha value is -4.23. The molecule has 2 aliphatic heterocycles. The molecule has 0 aromatic heterocycles. The van der Waals surface area contributed by atoms with Gasteiger partial charge in [0.25, 0.3) is 23.6 Å². The van der Waals surface area contributed by atoms with Crippen molar-refractivity contribution in [1.82, 2.24) is 19.6 Å². The highest BCUT2D eigenvalue weighted by atomic mass is 33.1. The summed E-state index contributed by atoms with van der Waals surface area (Å²) in [6, 6.07) is 18.2. The van der Waals surface area contributed by atoms with Gasteiger partial charge in [0, 0.05) is 99.4 Å². The lowest BCUT2D eigenvalue weighted by atomic mass is 9.93. The van der Waals surface area contributed by atoms with Gasteiger partial charge < -0.3 is 15.5 Å². The van der Waals surface area contributed by atoms with Gasteiger partial charge in [-0.1, -0.05) is 45.9 Å². The van der Waals surface area contributed by atoms with Gasteiger partial charge >= 0.3 is 10.4 Å². The number of amides is 4. The summed E-state index contributed by atoms with van der Waals surface area (Å²) in [5.74, 6) is -0.416. The van der Waals surface area contributed by atoms with Crippen LogP contribution in [0.3, 0.4) is 0 Å². The van der Waals surface area contributed by atoms with Crippen molar-refractivity contribution in [3.63, 3.8) is 0 Å². The molecule has 0 bridgehead atoms. The Labute approximate surface area is 328 Å². The average Bonchev–Trinajstić information content (AvgIpc) is 3.15. The predicted octanol–water partition coefficient (Wildman–Crippen LogP) is 5.14. The van der Waals surface area contributed by atoms with Crippen LogP contribution in [0.15, 0.2) is 60.7 Å². The van der Waals surface area contributed by atoms with Crippen LogP contribution in [0.25, 0.3) is 21.5 Å². The summed E-state index contributed by atoms with van der Waals surface area (Å²) >= 11 is 0. The molecule has 3 N–H and O–H groups in total.